The minimum Gasteiger partial charge on any atom is -0.494 e. The number of nitrogens with two attached hydrogens (primary N) is 2. The van der Waals surface area contributed by atoms with Gasteiger partial charge in [0.2, 0.25) is 0 Å². The predicted octanol–water partition coefficient (Wildman–Crippen LogP) is 2.46. The van der Waals surface area contributed by atoms with E-state index in [-0.39, 0.29) is 13.1 Å². The van der Waals surface area contributed by atoms with Gasteiger partial charge in [0.15, 0.2) is 0 Å². The van der Waals surface area contributed by atoms with Gasteiger partial charge in [-0.05, 0) is 48.2 Å². The van der Waals surface area contributed by atoms with Gasteiger partial charge in [0.05, 0.1) is 26.3 Å². The van der Waals surface area contributed by atoms with Crippen molar-refractivity contribution in [2.75, 3.05) is 13.2 Å². The molecular weight excluding hydrogens is 392 g/mol. The topological polar surface area (TPSA) is 152 Å². The molecule has 0 atom stereocenters. The summed E-state index contributed by atoms with van der Waals surface area (Å²) in [6.07, 6.45) is 1.59. The van der Waals surface area contributed by atoms with Gasteiger partial charge in [-0.2, -0.15) is 0 Å². The molecule has 0 bridgehead atoms. The van der Waals surface area contributed by atoms with E-state index in [1.165, 1.54) is 0 Å². The van der Waals surface area contributed by atoms with Crippen molar-refractivity contribution in [1.29, 1.82) is 0 Å². The molecule has 0 spiro atoms. The zero-order chi connectivity index (χ0) is 21.9. The summed E-state index contributed by atoms with van der Waals surface area (Å²) >= 11 is 0. The van der Waals surface area contributed by atoms with E-state index in [0.717, 1.165) is 24.0 Å². The lowest BCUT2D eigenvalue weighted by Crippen LogP contribution is -2.31. The summed E-state index contributed by atoms with van der Waals surface area (Å²) in [5.74, 6) is 1.38. The number of nitrogens with zero attached hydrogens (tertiary/aromatic N) is 2. The first-order valence-corrected chi connectivity index (χ1v) is 9.30. The number of rotatable bonds is 11. The van der Waals surface area contributed by atoms with E-state index in [1.807, 2.05) is 0 Å². The Morgan fingerprint density at radius 1 is 0.700 bits per heavy atom. The molecule has 4 amide bonds. The molecular formula is C20H26N4O6. The molecule has 2 aromatic rings. The van der Waals surface area contributed by atoms with E-state index >= 15 is 0 Å². The predicted molar refractivity (Wildman–Crippen MR) is 107 cm³/mol. The van der Waals surface area contributed by atoms with Crippen LogP contribution in [0.5, 0.6) is 11.5 Å². The highest BCUT2D eigenvalue weighted by Gasteiger charge is 2.07. The number of ether oxygens (including phenoxy) is 2. The Bertz CT molecular complexity index is 744. The maximum Gasteiger partial charge on any atom is 0.338 e. The van der Waals surface area contributed by atoms with Crippen molar-refractivity contribution in [3.63, 3.8) is 0 Å². The average Bonchev–Trinajstić information content (AvgIpc) is 2.72. The average molecular weight is 418 g/mol. The largest absolute Gasteiger partial charge is 0.494 e. The molecule has 2 rings (SSSR count). The number of primary amides is 2. The van der Waals surface area contributed by atoms with Gasteiger partial charge in [-0.1, -0.05) is 24.3 Å². The van der Waals surface area contributed by atoms with E-state index < -0.39 is 12.1 Å². The third-order valence-electron chi connectivity index (χ3n) is 4.10. The highest BCUT2D eigenvalue weighted by Crippen LogP contribution is 2.15. The van der Waals surface area contributed by atoms with E-state index in [2.05, 4.69) is 0 Å². The molecule has 0 radical (unpaired) electrons. The maximum atomic E-state index is 10.8. The number of unbranched alkanes of at least 4 members (excludes halogenated alkanes) is 1. The molecule has 10 heteroatoms. The van der Waals surface area contributed by atoms with Gasteiger partial charge in [-0.15, -0.1) is 0 Å². The zero-order valence-corrected chi connectivity index (χ0v) is 16.4. The molecule has 0 heterocycles. The molecule has 0 aliphatic carbocycles. The van der Waals surface area contributed by atoms with Crippen molar-refractivity contribution >= 4 is 12.1 Å². The molecule has 162 valence electrons. The molecule has 0 unspecified atom stereocenters. The summed E-state index contributed by atoms with van der Waals surface area (Å²) in [4.78, 5) is 21.6. The molecule has 0 aromatic heterocycles. The lowest BCUT2D eigenvalue weighted by Gasteiger charge is -2.13. The Morgan fingerprint density at radius 3 is 1.33 bits per heavy atom. The van der Waals surface area contributed by atoms with Crippen LogP contribution in [0.2, 0.25) is 0 Å². The molecule has 30 heavy (non-hydrogen) atoms. The molecule has 0 aliphatic rings. The number of carbonyl (C=O) groups is 2. The van der Waals surface area contributed by atoms with Gasteiger partial charge in [0.1, 0.15) is 11.5 Å². The van der Waals surface area contributed by atoms with Crippen molar-refractivity contribution in [2.24, 2.45) is 11.5 Å². The van der Waals surface area contributed by atoms with Gasteiger partial charge in [0, 0.05) is 0 Å². The van der Waals surface area contributed by atoms with Crippen molar-refractivity contribution in [3.05, 3.63) is 59.7 Å². The quantitative estimate of drug-likeness (QED) is 0.250. The van der Waals surface area contributed by atoms with Crippen LogP contribution < -0.4 is 20.9 Å². The van der Waals surface area contributed by atoms with Crippen LogP contribution in [0.1, 0.15) is 24.0 Å². The second kappa shape index (κ2) is 11.5. The SMILES string of the molecule is NC(=O)N(O)Cc1ccc(OCCCCOc2ccc(CN(O)C(N)=O)cc2)cc1. The normalized spacial score (nSPS) is 10.3. The second-order valence-corrected chi connectivity index (χ2v) is 6.48. The van der Waals surface area contributed by atoms with Crippen LogP contribution >= 0.6 is 0 Å². The van der Waals surface area contributed by atoms with Gasteiger partial charge in [-0.3, -0.25) is 10.4 Å². The maximum absolute atomic E-state index is 10.8. The summed E-state index contributed by atoms with van der Waals surface area (Å²) in [6.45, 7) is 1.07. The molecule has 10 nitrogen and oxygen atoms in total. The Labute approximate surface area is 174 Å². The van der Waals surface area contributed by atoms with Gasteiger partial charge in [-0.25, -0.2) is 19.7 Å². The smallest absolute Gasteiger partial charge is 0.338 e. The van der Waals surface area contributed by atoms with Crippen molar-refractivity contribution < 1.29 is 29.5 Å². The minimum absolute atomic E-state index is 0.0112. The fourth-order valence-electron chi connectivity index (χ4n) is 2.47. The highest BCUT2D eigenvalue weighted by atomic mass is 16.5. The van der Waals surface area contributed by atoms with Crippen molar-refractivity contribution in [3.8, 4) is 11.5 Å². The molecule has 0 aliphatic heterocycles. The Morgan fingerprint density at radius 2 is 1.03 bits per heavy atom. The molecule has 0 fully saturated rings. The summed E-state index contributed by atoms with van der Waals surface area (Å²) in [5.41, 5.74) is 11.4. The first-order valence-electron chi connectivity index (χ1n) is 9.30. The van der Waals surface area contributed by atoms with Crippen LogP contribution in [0.4, 0.5) is 9.59 Å². The van der Waals surface area contributed by atoms with Crippen LogP contribution in [0, 0.1) is 0 Å². The fourth-order valence-corrected chi connectivity index (χ4v) is 2.47. The number of benzene rings is 2. The van der Waals surface area contributed by atoms with E-state index in [9.17, 15) is 20.0 Å². The summed E-state index contributed by atoms with van der Waals surface area (Å²) < 4.78 is 11.3. The number of carbonyl (C=O) groups excluding carboxylic acids is 2. The second-order valence-electron chi connectivity index (χ2n) is 6.48. The Balaban J connectivity index is 1.61. The van der Waals surface area contributed by atoms with Gasteiger partial charge < -0.3 is 20.9 Å². The standard InChI is InChI=1S/C20H26N4O6/c21-19(25)23(27)13-15-3-7-17(8-4-15)29-11-1-2-12-30-18-9-5-16(6-10-18)14-24(28)20(22)26/h3-10,27-28H,1-2,11-14H2,(H2,21,25)(H2,22,26). The number of hydrogen-bond donors (Lipinski definition) is 4. The summed E-state index contributed by atoms with van der Waals surface area (Å²) in [7, 11) is 0. The first kappa shape index (κ1) is 22.8. The lowest BCUT2D eigenvalue weighted by molar-refractivity contribution is -0.0470. The summed E-state index contributed by atoms with van der Waals surface area (Å²) in [5, 5.41) is 19.5. The molecule has 0 saturated heterocycles. The Kier molecular flexibility index (Phi) is 8.73. The number of amides is 4. The van der Waals surface area contributed by atoms with Crippen molar-refractivity contribution in [2.45, 2.75) is 25.9 Å². The first-order chi connectivity index (χ1) is 14.3. The van der Waals surface area contributed by atoms with E-state index in [4.69, 9.17) is 20.9 Å². The van der Waals surface area contributed by atoms with E-state index in [0.29, 0.717) is 34.8 Å². The lowest BCUT2D eigenvalue weighted by atomic mass is 10.2. The monoisotopic (exact) mass is 418 g/mol. The van der Waals surface area contributed by atoms with Gasteiger partial charge >= 0.3 is 12.1 Å². The zero-order valence-electron chi connectivity index (χ0n) is 16.4. The molecule has 0 saturated carbocycles. The summed E-state index contributed by atoms with van der Waals surface area (Å²) in [6, 6.07) is 12.2. The third kappa shape index (κ3) is 7.86. The van der Waals surface area contributed by atoms with Gasteiger partial charge in [0.25, 0.3) is 0 Å². The van der Waals surface area contributed by atoms with Crippen LogP contribution in [0.25, 0.3) is 0 Å². The molecule has 6 N–H and O–H groups in total. The molecule has 2 aromatic carbocycles. The third-order valence-corrected chi connectivity index (χ3v) is 4.10. The van der Waals surface area contributed by atoms with Crippen molar-refractivity contribution in [1.82, 2.24) is 10.1 Å². The fraction of sp³-hybridized carbons (Fsp3) is 0.300. The highest BCUT2D eigenvalue weighted by molar-refractivity contribution is 5.70. The van der Waals surface area contributed by atoms with E-state index in [1.54, 1.807) is 48.5 Å². The Hall–Kier alpha value is -3.50. The number of urea groups is 2. The van der Waals surface area contributed by atoms with Crippen LogP contribution in [-0.2, 0) is 13.1 Å². The minimum atomic E-state index is -0.909. The number of hydroxylamine groups is 4. The number of hydrogen-bond acceptors (Lipinski definition) is 6. The van der Waals surface area contributed by atoms with Crippen LogP contribution in [-0.4, -0.2) is 45.8 Å². The van der Waals surface area contributed by atoms with Crippen LogP contribution in [0.15, 0.2) is 48.5 Å². The van der Waals surface area contributed by atoms with Crippen LogP contribution in [0.3, 0.4) is 0 Å².